The monoisotopic (exact) mass is 216 g/mol. The molecular formula is C12H28N2O. The van der Waals surface area contributed by atoms with Crippen LogP contribution in [-0.4, -0.2) is 50.8 Å². The van der Waals surface area contributed by atoms with E-state index in [0.717, 1.165) is 26.3 Å². The highest BCUT2D eigenvalue weighted by atomic mass is 16.5. The van der Waals surface area contributed by atoms with Gasteiger partial charge in [-0.3, -0.25) is 0 Å². The van der Waals surface area contributed by atoms with Crippen molar-refractivity contribution in [2.45, 2.75) is 33.2 Å². The van der Waals surface area contributed by atoms with Crippen LogP contribution >= 0.6 is 0 Å². The molecule has 3 heteroatoms. The quantitative estimate of drug-likeness (QED) is 0.624. The van der Waals surface area contributed by atoms with Gasteiger partial charge in [-0.05, 0) is 33.9 Å². The Balaban J connectivity index is 3.39. The predicted octanol–water partition coefficient (Wildman–Crippen LogP) is 1.59. The molecule has 0 spiro atoms. The van der Waals surface area contributed by atoms with Crippen LogP contribution in [0, 0.1) is 5.92 Å². The average molecular weight is 216 g/mol. The molecule has 0 aromatic rings. The minimum atomic E-state index is 0.206. The first-order valence-electron chi connectivity index (χ1n) is 5.82. The van der Waals surface area contributed by atoms with E-state index in [1.165, 1.54) is 0 Å². The number of hydrogen-bond donors (Lipinski definition) is 1. The lowest BCUT2D eigenvalue weighted by atomic mass is 10.0. The van der Waals surface area contributed by atoms with Crippen molar-refractivity contribution >= 4 is 0 Å². The zero-order valence-electron chi connectivity index (χ0n) is 11.3. The van der Waals surface area contributed by atoms with Crippen molar-refractivity contribution in [1.82, 2.24) is 10.2 Å². The third kappa shape index (κ3) is 7.77. The van der Waals surface area contributed by atoms with Crippen molar-refractivity contribution < 1.29 is 4.74 Å². The summed E-state index contributed by atoms with van der Waals surface area (Å²) < 4.78 is 5.49. The second kappa shape index (κ2) is 7.20. The fraction of sp³-hybridized carbons (Fsp3) is 1.00. The first-order chi connectivity index (χ1) is 6.86. The van der Waals surface area contributed by atoms with Crippen LogP contribution in [0.2, 0.25) is 0 Å². The lowest BCUT2D eigenvalue weighted by Gasteiger charge is -2.32. The van der Waals surface area contributed by atoms with Crippen molar-refractivity contribution in [3.05, 3.63) is 0 Å². The maximum Gasteiger partial charge on any atom is 0.0591 e. The molecule has 0 heterocycles. The molecule has 0 aromatic heterocycles. The zero-order valence-corrected chi connectivity index (χ0v) is 11.3. The van der Waals surface area contributed by atoms with Gasteiger partial charge in [-0.15, -0.1) is 0 Å². The maximum atomic E-state index is 5.49. The molecule has 0 atom stereocenters. The van der Waals surface area contributed by atoms with Crippen LogP contribution < -0.4 is 5.32 Å². The van der Waals surface area contributed by atoms with Gasteiger partial charge < -0.3 is 15.0 Å². The van der Waals surface area contributed by atoms with Gasteiger partial charge in [0.25, 0.3) is 0 Å². The molecule has 0 fully saturated rings. The lowest BCUT2D eigenvalue weighted by Crippen LogP contribution is -2.47. The highest BCUT2D eigenvalue weighted by molar-refractivity contribution is 4.79. The summed E-state index contributed by atoms with van der Waals surface area (Å²) in [5.74, 6) is 0.628. The molecule has 0 aromatic carbocycles. The normalized spacial score (nSPS) is 12.8. The van der Waals surface area contributed by atoms with Gasteiger partial charge in [-0.2, -0.15) is 0 Å². The minimum Gasteiger partial charge on any atom is -0.380 e. The molecule has 0 aliphatic heterocycles. The molecule has 15 heavy (non-hydrogen) atoms. The van der Waals surface area contributed by atoms with Crippen molar-refractivity contribution in [2.24, 2.45) is 5.92 Å². The van der Waals surface area contributed by atoms with Gasteiger partial charge in [0, 0.05) is 25.2 Å². The third-order valence-corrected chi connectivity index (χ3v) is 2.64. The molecular weight excluding hydrogens is 188 g/mol. The average Bonchev–Trinajstić information content (AvgIpc) is 2.10. The number of nitrogens with one attached hydrogen (secondary N) is 1. The summed E-state index contributed by atoms with van der Waals surface area (Å²) in [4.78, 5) is 2.23. The second-order valence-corrected chi connectivity index (χ2v) is 5.35. The molecule has 0 rings (SSSR count). The van der Waals surface area contributed by atoms with E-state index in [1.807, 2.05) is 0 Å². The molecule has 0 saturated carbocycles. The Labute approximate surface area is 95.2 Å². The SMILES string of the molecule is CC(C)COCCNCC(C)(C)N(C)C. The van der Waals surface area contributed by atoms with Crippen LogP contribution in [-0.2, 0) is 4.74 Å². The minimum absolute atomic E-state index is 0.206. The Morgan fingerprint density at radius 1 is 1.27 bits per heavy atom. The van der Waals surface area contributed by atoms with Gasteiger partial charge in [-0.25, -0.2) is 0 Å². The predicted molar refractivity (Wildman–Crippen MR) is 66.3 cm³/mol. The second-order valence-electron chi connectivity index (χ2n) is 5.35. The van der Waals surface area contributed by atoms with Gasteiger partial charge in [0.1, 0.15) is 0 Å². The number of likely N-dealkylation sites (N-methyl/N-ethyl adjacent to an activating group) is 1. The number of rotatable bonds is 8. The number of hydrogen-bond acceptors (Lipinski definition) is 3. The molecule has 0 radical (unpaired) electrons. The summed E-state index contributed by atoms with van der Waals surface area (Å²) in [5.41, 5.74) is 0.206. The number of nitrogens with zero attached hydrogens (tertiary/aromatic N) is 1. The highest BCUT2D eigenvalue weighted by Gasteiger charge is 2.18. The maximum absolute atomic E-state index is 5.49. The van der Waals surface area contributed by atoms with Gasteiger partial charge in [0.15, 0.2) is 0 Å². The van der Waals surface area contributed by atoms with Gasteiger partial charge in [0.05, 0.1) is 6.61 Å². The van der Waals surface area contributed by atoms with Gasteiger partial charge in [-0.1, -0.05) is 13.8 Å². The van der Waals surface area contributed by atoms with E-state index in [1.54, 1.807) is 0 Å². The van der Waals surface area contributed by atoms with Gasteiger partial charge in [0.2, 0.25) is 0 Å². The van der Waals surface area contributed by atoms with Crippen molar-refractivity contribution in [3.63, 3.8) is 0 Å². The van der Waals surface area contributed by atoms with Crippen LogP contribution in [0.5, 0.6) is 0 Å². The summed E-state index contributed by atoms with van der Waals surface area (Å²) in [7, 11) is 4.22. The van der Waals surface area contributed by atoms with Crippen molar-refractivity contribution in [1.29, 1.82) is 0 Å². The standard InChI is InChI=1S/C12H28N2O/c1-11(2)9-15-8-7-13-10-12(3,4)14(5)6/h11,13H,7-10H2,1-6H3. The molecule has 0 aliphatic rings. The smallest absolute Gasteiger partial charge is 0.0591 e. The summed E-state index contributed by atoms with van der Waals surface area (Å²) >= 11 is 0. The van der Waals surface area contributed by atoms with Crippen LogP contribution in [0.25, 0.3) is 0 Å². The molecule has 1 N–H and O–H groups in total. The summed E-state index contributed by atoms with van der Waals surface area (Å²) in [5, 5.41) is 3.41. The van der Waals surface area contributed by atoms with Crippen molar-refractivity contribution in [3.8, 4) is 0 Å². The molecule has 92 valence electrons. The molecule has 0 bridgehead atoms. The van der Waals surface area contributed by atoms with Crippen LogP contribution in [0.1, 0.15) is 27.7 Å². The Kier molecular flexibility index (Phi) is 7.14. The third-order valence-electron chi connectivity index (χ3n) is 2.64. The lowest BCUT2D eigenvalue weighted by molar-refractivity contribution is 0.107. The Morgan fingerprint density at radius 3 is 2.33 bits per heavy atom. The van der Waals surface area contributed by atoms with Crippen LogP contribution in [0.4, 0.5) is 0 Å². The Bertz CT molecular complexity index is 156. The summed E-state index contributed by atoms with van der Waals surface area (Å²) in [6.45, 7) is 12.4. The van der Waals surface area contributed by atoms with E-state index >= 15 is 0 Å². The first kappa shape index (κ1) is 14.9. The zero-order chi connectivity index (χ0) is 11.9. The number of ether oxygens (including phenoxy) is 1. The van der Waals surface area contributed by atoms with Crippen molar-refractivity contribution in [2.75, 3.05) is 40.4 Å². The highest BCUT2D eigenvalue weighted by Crippen LogP contribution is 2.07. The summed E-state index contributed by atoms with van der Waals surface area (Å²) in [6.07, 6.45) is 0. The van der Waals surface area contributed by atoms with E-state index in [9.17, 15) is 0 Å². The van der Waals surface area contributed by atoms with E-state index < -0.39 is 0 Å². The largest absolute Gasteiger partial charge is 0.380 e. The molecule has 0 saturated heterocycles. The molecule has 3 nitrogen and oxygen atoms in total. The molecule has 0 unspecified atom stereocenters. The molecule has 0 amide bonds. The van der Waals surface area contributed by atoms with Gasteiger partial charge >= 0.3 is 0 Å². The molecule has 0 aliphatic carbocycles. The van der Waals surface area contributed by atoms with Crippen LogP contribution in [0.3, 0.4) is 0 Å². The Hall–Kier alpha value is -0.120. The fourth-order valence-electron chi connectivity index (χ4n) is 1.02. The van der Waals surface area contributed by atoms with Crippen LogP contribution in [0.15, 0.2) is 0 Å². The topological polar surface area (TPSA) is 24.5 Å². The van der Waals surface area contributed by atoms with E-state index in [4.69, 9.17) is 4.74 Å². The van der Waals surface area contributed by atoms with E-state index in [0.29, 0.717) is 5.92 Å². The first-order valence-corrected chi connectivity index (χ1v) is 5.82. The van der Waals surface area contributed by atoms with E-state index in [-0.39, 0.29) is 5.54 Å². The fourth-order valence-corrected chi connectivity index (χ4v) is 1.02. The summed E-state index contributed by atoms with van der Waals surface area (Å²) in [6, 6.07) is 0. The van der Waals surface area contributed by atoms with E-state index in [2.05, 4.69) is 52.0 Å². The Morgan fingerprint density at radius 2 is 1.87 bits per heavy atom.